The van der Waals surface area contributed by atoms with Crippen molar-refractivity contribution < 1.29 is 14.8 Å². The Labute approximate surface area is 118 Å². The number of hydrogen-bond acceptors (Lipinski definition) is 5. The molecule has 0 amide bonds. The van der Waals surface area contributed by atoms with Crippen molar-refractivity contribution in [3.63, 3.8) is 0 Å². The lowest BCUT2D eigenvalue weighted by atomic mass is 9.86. The second kappa shape index (κ2) is 5.66. The second-order valence-electron chi connectivity index (χ2n) is 5.68. The lowest BCUT2D eigenvalue weighted by molar-refractivity contribution is -0.385. The summed E-state index contributed by atoms with van der Waals surface area (Å²) in [5.74, 6) is 0.217. The molecule has 0 aliphatic rings. The first-order chi connectivity index (χ1) is 9.08. The van der Waals surface area contributed by atoms with Gasteiger partial charge in [0.2, 0.25) is 0 Å². The third-order valence-corrected chi connectivity index (χ3v) is 3.44. The molecule has 20 heavy (non-hydrogen) atoms. The number of hydrogen-bond donors (Lipinski definition) is 2. The van der Waals surface area contributed by atoms with E-state index in [1.54, 1.807) is 32.9 Å². The van der Waals surface area contributed by atoms with E-state index < -0.39 is 16.1 Å². The minimum atomic E-state index is -0.958. The van der Waals surface area contributed by atoms with Gasteiger partial charge in [0.05, 0.1) is 22.7 Å². The fourth-order valence-electron chi connectivity index (χ4n) is 1.53. The average Bonchev–Trinajstić information content (AvgIpc) is 2.27. The Bertz CT molecular complexity index is 492. The van der Waals surface area contributed by atoms with Crippen LogP contribution in [0.25, 0.3) is 0 Å². The van der Waals surface area contributed by atoms with E-state index in [1.165, 1.54) is 6.07 Å². The molecule has 1 rings (SSSR count). The summed E-state index contributed by atoms with van der Waals surface area (Å²) in [5.41, 5.74) is -0.975. The van der Waals surface area contributed by atoms with Crippen LogP contribution in [0.4, 0.5) is 11.4 Å². The number of rotatable bonds is 6. The number of aliphatic hydroxyl groups is 1. The highest BCUT2D eigenvalue weighted by Crippen LogP contribution is 2.33. The van der Waals surface area contributed by atoms with Gasteiger partial charge in [-0.15, -0.1) is 0 Å². The van der Waals surface area contributed by atoms with Crippen LogP contribution >= 0.6 is 0 Å². The van der Waals surface area contributed by atoms with Crippen LogP contribution in [-0.2, 0) is 0 Å². The third kappa shape index (κ3) is 3.60. The summed E-state index contributed by atoms with van der Waals surface area (Å²) in [6.07, 6.45) is 0. The van der Waals surface area contributed by atoms with E-state index in [-0.39, 0.29) is 11.4 Å². The monoisotopic (exact) mass is 282 g/mol. The third-order valence-electron chi connectivity index (χ3n) is 3.44. The van der Waals surface area contributed by atoms with Gasteiger partial charge in [0.15, 0.2) is 5.75 Å². The topological polar surface area (TPSA) is 84.6 Å². The Morgan fingerprint density at radius 2 is 1.95 bits per heavy atom. The molecule has 0 aromatic heterocycles. The molecule has 1 aromatic carbocycles. The molecule has 6 nitrogen and oxygen atoms in total. The lowest BCUT2D eigenvalue weighted by Crippen LogP contribution is -2.51. The largest absolute Gasteiger partial charge is 0.487 e. The molecule has 6 heteroatoms. The minimum Gasteiger partial charge on any atom is -0.487 e. The van der Waals surface area contributed by atoms with Crippen molar-refractivity contribution in [1.82, 2.24) is 0 Å². The van der Waals surface area contributed by atoms with Gasteiger partial charge in [-0.3, -0.25) is 10.1 Å². The summed E-state index contributed by atoms with van der Waals surface area (Å²) >= 11 is 0. The summed E-state index contributed by atoms with van der Waals surface area (Å²) in [7, 11) is 0. The molecule has 0 unspecified atom stereocenters. The van der Waals surface area contributed by atoms with Crippen LogP contribution in [0.1, 0.15) is 34.6 Å². The number of anilines is 1. The van der Waals surface area contributed by atoms with E-state index in [2.05, 4.69) is 5.32 Å². The number of nitro groups is 1. The van der Waals surface area contributed by atoms with Crippen LogP contribution in [0.5, 0.6) is 5.75 Å². The van der Waals surface area contributed by atoms with Crippen LogP contribution in [-0.4, -0.2) is 27.8 Å². The molecule has 2 N–H and O–H groups in total. The maximum atomic E-state index is 10.9. The summed E-state index contributed by atoms with van der Waals surface area (Å²) in [6.45, 7) is 9.23. The first kappa shape index (κ1) is 16.2. The summed E-state index contributed by atoms with van der Waals surface area (Å²) in [5, 5.41) is 24.2. The molecule has 0 atom stereocenters. The number of nitrogens with one attached hydrogen (secondary N) is 1. The first-order valence-electron chi connectivity index (χ1n) is 6.50. The zero-order valence-corrected chi connectivity index (χ0v) is 12.6. The van der Waals surface area contributed by atoms with Crippen molar-refractivity contribution >= 4 is 11.4 Å². The second-order valence-corrected chi connectivity index (χ2v) is 5.68. The average molecular weight is 282 g/mol. The van der Waals surface area contributed by atoms with Crippen LogP contribution in [0.2, 0.25) is 0 Å². The van der Waals surface area contributed by atoms with Crippen LogP contribution < -0.4 is 10.1 Å². The molecule has 0 fully saturated rings. The van der Waals surface area contributed by atoms with Gasteiger partial charge in [0.1, 0.15) is 0 Å². The van der Waals surface area contributed by atoms with Gasteiger partial charge in [-0.1, -0.05) is 0 Å². The molecule has 0 saturated carbocycles. The summed E-state index contributed by atoms with van der Waals surface area (Å²) in [4.78, 5) is 10.4. The van der Waals surface area contributed by atoms with E-state index in [0.717, 1.165) is 0 Å². The van der Waals surface area contributed by atoms with Gasteiger partial charge >= 0.3 is 5.69 Å². The Balaban J connectivity index is 3.10. The van der Waals surface area contributed by atoms with Gasteiger partial charge in [-0.05, 0) is 40.7 Å². The molecular formula is C14H22N2O4. The van der Waals surface area contributed by atoms with E-state index in [9.17, 15) is 15.2 Å². The van der Waals surface area contributed by atoms with E-state index in [0.29, 0.717) is 12.3 Å². The number of benzene rings is 1. The highest BCUT2D eigenvalue weighted by atomic mass is 16.6. The Morgan fingerprint density at radius 3 is 2.40 bits per heavy atom. The summed E-state index contributed by atoms with van der Waals surface area (Å²) in [6, 6.07) is 4.58. The van der Waals surface area contributed by atoms with Crippen molar-refractivity contribution in [2.75, 3.05) is 11.9 Å². The molecule has 0 radical (unpaired) electrons. The van der Waals surface area contributed by atoms with Gasteiger partial charge in [0.25, 0.3) is 0 Å². The zero-order valence-electron chi connectivity index (χ0n) is 12.6. The molecule has 112 valence electrons. The Morgan fingerprint density at radius 1 is 1.35 bits per heavy atom. The SMILES string of the molecule is CCOc1cc(NC(C)(C)C(C)(C)O)ccc1[N+](=O)[O-]. The smallest absolute Gasteiger partial charge is 0.311 e. The molecule has 1 aromatic rings. The Hall–Kier alpha value is -1.82. The minimum absolute atomic E-state index is 0.0709. The maximum absolute atomic E-state index is 10.9. The molecular weight excluding hydrogens is 260 g/mol. The molecule has 0 heterocycles. The van der Waals surface area contributed by atoms with Gasteiger partial charge < -0.3 is 15.2 Å². The van der Waals surface area contributed by atoms with E-state index in [1.807, 2.05) is 13.8 Å². The van der Waals surface area contributed by atoms with Crippen LogP contribution in [0, 0.1) is 10.1 Å². The number of nitro benzene ring substituents is 1. The van der Waals surface area contributed by atoms with Crippen molar-refractivity contribution in [3.05, 3.63) is 28.3 Å². The Kier molecular flexibility index (Phi) is 4.60. The van der Waals surface area contributed by atoms with Crippen molar-refractivity contribution in [2.24, 2.45) is 0 Å². The summed E-state index contributed by atoms with van der Waals surface area (Å²) < 4.78 is 5.29. The molecule has 0 spiro atoms. The number of ether oxygens (including phenoxy) is 1. The van der Waals surface area contributed by atoms with E-state index >= 15 is 0 Å². The lowest BCUT2D eigenvalue weighted by Gasteiger charge is -2.38. The molecule has 0 aliphatic carbocycles. The fraction of sp³-hybridized carbons (Fsp3) is 0.571. The van der Waals surface area contributed by atoms with Crippen molar-refractivity contribution in [3.8, 4) is 5.75 Å². The van der Waals surface area contributed by atoms with Gasteiger partial charge in [0, 0.05) is 17.8 Å². The molecule has 0 aliphatic heterocycles. The molecule has 0 saturated heterocycles. The van der Waals surface area contributed by atoms with Gasteiger partial charge in [-0.2, -0.15) is 0 Å². The normalized spacial score (nSPS) is 12.1. The first-order valence-corrected chi connectivity index (χ1v) is 6.50. The maximum Gasteiger partial charge on any atom is 0.311 e. The molecule has 0 bridgehead atoms. The number of nitrogens with zero attached hydrogens (tertiary/aromatic N) is 1. The van der Waals surface area contributed by atoms with E-state index in [4.69, 9.17) is 4.74 Å². The predicted molar refractivity (Wildman–Crippen MR) is 78.3 cm³/mol. The standard InChI is InChI=1S/C14H22N2O4/c1-6-20-12-9-10(7-8-11(12)16(18)19)15-13(2,3)14(4,5)17/h7-9,15,17H,6H2,1-5H3. The van der Waals surface area contributed by atoms with Gasteiger partial charge in [-0.25, -0.2) is 0 Å². The highest BCUT2D eigenvalue weighted by Gasteiger charge is 2.35. The zero-order chi connectivity index (χ0) is 15.6. The van der Waals surface area contributed by atoms with Crippen LogP contribution in [0.15, 0.2) is 18.2 Å². The van der Waals surface area contributed by atoms with Crippen molar-refractivity contribution in [2.45, 2.75) is 45.8 Å². The fourth-order valence-corrected chi connectivity index (χ4v) is 1.53. The predicted octanol–water partition coefficient (Wildman–Crippen LogP) is 2.95. The van der Waals surface area contributed by atoms with Crippen LogP contribution in [0.3, 0.4) is 0 Å². The highest BCUT2D eigenvalue weighted by molar-refractivity contribution is 5.59. The quantitative estimate of drug-likeness (QED) is 0.619. The van der Waals surface area contributed by atoms with Crippen molar-refractivity contribution in [1.29, 1.82) is 0 Å².